The van der Waals surface area contributed by atoms with E-state index in [2.05, 4.69) is 9.72 Å². The summed E-state index contributed by atoms with van der Waals surface area (Å²) in [5.74, 6) is -0.0626. The molecule has 5 nitrogen and oxygen atoms in total. The molecule has 0 aliphatic heterocycles. The van der Waals surface area contributed by atoms with Crippen molar-refractivity contribution in [3.05, 3.63) is 65.4 Å². The van der Waals surface area contributed by atoms with Gasteiger partial charge in [0, 0.05) is 24.5 Å². The third-order valence-electron chi connectivity index (χ3n) is 4.40. The first-order valence-corrected chi connectivity index (χ1v) is 8.72. The molecule has 0 bridgehead atoms. The van der Waals surface area contributed by atoms with Gasteiger partial charge in [-0.3, -0.25) is 9.78 Å². The first-order chi connectivity index (χ1) is 13.7. The molecule has 152 valence electrons. The number of hydrogen-bond donors (Lipinski definition) is 0. The van der Waals surface area contributed by atoms with Crippen molar-refractivity contribution in [1.82, 2.24) is 9.88 Å². The van der Waals surface area contributed by atoms with Crippen molar-refractivity contribution >= 4 is 16.8 Å². The number of ether oxygens (including phenoxy) is 2. The summed E-state index contributed by atoms with van der Waals surface area (Å²) in [6.07, 6.45) is -4.81. The van der Waals surface area contributed by atoms with Gasteiger partial charge in [-0.05, 0) is 37.3 Å². The number of methoxy groups -OCH3 is 1. The Morgan fingerprint density at radius 3 is 2.55 bits per heavy atom. The Bertz CT molecular complexity index is 1050. The monoisotopic (exact) mass is 404 g/mol. The fraction of sp³-hybridized carbons (Fsp3) is 0.238. The fourth-order valence-electron chi connectivity index (χ4n) is 2.99. The van der Waals surface area contributed by atoms with Crippen LogP contribution in [0.15, 0.2) is 48.5 Å². The lowest BCUT2D eigenvalue weighted by Crippen LogP contribution is -2.28. The van der Waals surface area contributed by atoms with E-state index in [0.717, 1.165) is 5.39 Å². The maximum Gasteiger partial charge on any atom is 0.573 e. The Morgan fingerprint density at radius 2 is 1.86 bits per heavy atom. The average molecular weight is 404 g/mol. The number of carbonyl (C=O) groups is 1. The van der Waals surface area contributed by atoms with Gasteiger partial charge in [0.25, 0.3) is 5.91 Å². The van der Waals surface area contributed by atoms with Crippen LogP contribution in [0, 0.1) is 6.92 Å². The minimum absolute atomic E-state index is 0.0549. The Hall–Kier alpha value is -3.29. The Labute approximate surface area is 165 Å². The molecule has 0 spiro atoms. The Balaban J connectivity index is 1.88. The zero-order chi connectivity index (χ0) is 21.2. The van der Waals surface area contributed by atoms with Crippen molar-refractivity contribution in [2.24, 2.45) is 0 Å². The SMILES string of the molecule is COc1ccc2nc(C)c(C(=O)N(C)Cc3ccccc3OC(F)(F)F)cc2c1. The van der Waals surface area contributed by atoms with Gasteiger partial charge in [0.15, 0.2) is 0 Å². The highest BCUT2D eigenvalue weighted by molar-refractivity contribution is 5.98. The number of aromatic nitrogens is 1. The van der Waals surface area contributed by atoms with Gasteiger partial charge in [-0.15, -0.1) is 13.2 Å². The average Bonchev–Trinajstić information content (AvgIpc) is 2.67. The third kappa shape index (κ3) is 4.77. The second kappa shape index (κ2) is 7.98. The van der Waals surface area contributed by atoms with Crippen LogP contribution >= 0.6 is 0 Å². The van der Waals surface area contributed by atoms with E-state index in [9.17, 15) is 18.0 Å². The number of nitrogens with zero attached hydrogens (tertiary/aromatic N) is 2. The minimum Gasteiger partial charge on any atom is -0.497 e. The van der Waals surface area contributed by atoms with E-state index in [-0.39, 0.29) is 23.8 Å². The molecule has 1 amide bonds. The van der Waals surface area contributed by atoms with Gasteiger partial charge in [0.2, 0.25) is 0 Å². The standard InChI is InChI=1S/C21H19F3N2O3/c1-13-17(11-15-10-16(28-3)8-9-18(15)25-13)20(27)26(2)12-14-6-4-5-7-19(14)29-21(22,23)24/h4-11H,12H2,1-3H3. The predicted octanol–water partition coefficient (Wildman–Crippen LogP) is 4.72. The molecule has 0 atom stereocenters. The molecule has 1 aromatic heterocycles. The number of benzene rings is 2. The van der Waals surface area contributed by atoms with Crippen LogP contribution in [0.3, 0.4) is 0 Å². The number of hydrogen-bond acceptors (Lipinski definition) is 4. The van der Waals surface area contributed by atoms with Crippen LogP contribution in [0.1, 0.15) is 21.6 Å². The molecule has 0 unspecified atom stereocenters. The molecule has 2 aromatic carbocycles. The molecule has 3 aromatic rings. The molecule has 0 saturated heterocycles. The molecule has 0 aliphatic carbocycles. The van der Waals surface area contributed by atoms with Gasteiger partial charge >= 0.3 is 6.36 Å². The number of carbonyl (C=O) groups excluding carboxylic acids is 1. The minimum atomic E-state index is -4.81. The summed E-state index contributed by atoms with van der Waals surface area (Å²) < 4.78 is 47.1. The smallest absolute Gasteiger partial charge is 0.497 e. The summed E-state index contributed by atoms with van der Waals surface area (Å²) in [6, 6.07) is 12.8. The molecule has 0 N–H and O–H groups in total. The van der Waals surface area contributed by atoms with Crippen LogP contribution < -0.4 is 9.47 Å². The first kappa shape index (κ1) is 20.4. The lowest BCUT2D eigenvalue weighted by atomic mass is 10.1. The maximum absolute atomic E-state index is 13.0. The Kier molecular flexibility index (Phi) is 5.63. The molecule has 0 fully saturated rings. The molecule has 1 heterocycles. The third-order valence-corrected chi connectivity index (χ3v) is 4.40. The molecule has 0 saturated carbocycles. The van der Waals surface area contributed by atoms with Crippen LogP contribution in [0.5, 0.6) is 11.5 Å². The largest absolute Gasteiger partial charge is 0.573 e. The van der Waals surface area contributed by atoms with Crippen LogP contribution in [-0.2, 0) is 6.54 Å². The Morgan fingerprint density at radius 1 is 1.14 bits per heavy atom. The molecular formula is C21H19F3N2O3. The summed E-state index contributed by atoms with van der Waals surface area (Å²) in [6.45, 7) is 1.66. The van der Waals surface area contributed by atoms with E-state index >= 15 is 0 Å². The number of fused-ring (bicyclic) bond motifs is 1. The summed E-state index contributed by atoms with van der Waals surface area (Å²) in [5, 5.41) is 0.729. The predicted molar refractivity (Wildman–Crippen MR) is 102 cm³/mol. The highest BCUT2D eigenvalue weighted by Crippen LogP contribution is 2.28. The zero-order valence-electron chi connectivity index (χ0n) is 16.1. The molecule has 8 heteroatoms. The van der Waals surface area contributed by atoms with Crippen molar-refractivity contribution < 1.29 is 27.4 Å². The number of aryl methyl sites for hydroxylation is 1. The number of rotatable bonds is 5. The van der Waals surface area contributed by atoms with E-state index in [4.69, 9.17) is 4.74 Å². The summed E-state index contributed by atoms with van der Waals surface area (Å²) in [7, 11) is 3.06. The van der Waals surface area contributed by atoms with Gasteiger partial charge < -0.3 is 14.4 Å². The lowest BCUT2D eigenvalue weighted by Gasteiger charge is -2.21. The maximum atomic E-state index is 13.0. The van der Waals surface area contributed by atoms with Crippen molar-refractivity contribution in [1.29, 1.82) is 0 Å². The molecule has 3 rings (SSSR count). The first-order valence-electron chi connectivity index (χ1n) is 8.72. The van der Waals surface area contributed by atoms with E-state index in [1.54, 1.807) is 44.4 Å². The molecule has 0 aliphatic rings. The summed E-state index contributed by atoms with van der Waals surface area (Å²) in [4.78, 5) is 18.7. The van der Waals surface area contributed by atoms with Crippen LogP contribution in [0.25, 0.3) is 10.9 Å². The van der Waals surface area contributed by atoms with E-state index in [1.807, 2.05) is 0 Å². The van der Waals surface area contributed by atoms with Crippen molar-refractivity contribution in [3.8, 4) is 11.5 Å². The lowest BCUT2D eigenvalue weighted by molar-refractivity contribution is -0.275. The van der Waals surface area contributed by atoms with E-state index in [1.165, 1.54) is 30.1 Å². The number of para-hydroxylation sites is 1. The van der Waals surface area contributed by atoms with Crippen LogP contribution in [0.2, 0.25) is 0 Å². The molecule has 29 heavy (non-hydrogen) atoms. The van der Waals surface area contributed by atoms with Gasteiger partial charge in [-0.1, -0.05) is 18.2 Å². The normalized spacial score (nSPS) is 11.4. The number of pyridine rings is 1. The number of alkyl halides is 3. The topological polar surface area (TPSA) is 51.7 Å². The van der Waals surface area contributed by atoms with E-state index < -0.39 is 6.36 Å². The van der Waals surface area contributed by atoms with Gasteiger partial charge in [-0.2, -0.15) is 0 Å². The van der Waals surface area contributed by atoms with Gasteiger partial charge in [0.05, 0.1) is 23.9 Å². The van der Waals surface area contributed by atoms with Gasteiger partial charge in [0.1, 0.15) is 11.5 Å². The summed E-state index contributed by atoms with van der Waals surface area (Å²) >= 11 is 0. The number of amides is 1. The van der Waals surface area contributed by atoms with Crippen LogP contribution in [0.4, 0.5) is 13.2 Å². The van der Waals surface area contributed by atoms with Crippen molar-refractivity contribution in [2.75, 3.05) is 14.2 Å². The molecule has 0 radical (unpaired) electrons. The zero-order valence-corrected chi connectivity index (χ0v) is 16.1. The van der Waals surface area contributed by atoms with Gasteiger partial charge in [-0.25, -0.2) is 0 Å². The fourth-order valence-corrected chi connectivity index (χ4v) is 2.99. The summed E-state index contributed by atoms with van der Waals surface area (Å²) in [5.41, 5.74) is 1.85. The van der Waals surface area contributed by atoms with Crippen molar-refractivity contribution in [2.45, 2.75) is 19.8 Å². The second-order valence-corrected chi connectivity index (χ2v) is 6.50. The highest BCUT2D eigenvalue weighted by atomic mass is 19.4. The molecular weight excluding hydrogens is 385 g/mol. The highest BCUT2D eigenvalue weighted by Gasteiger charge is 2.32. The quantitative estimate of drug-likeness (QED) is 0.617. The number of halogens is 3. The van der Waals surface area contributed by atoms with Crippen molar-refractivity contribution in [3.63, 3.8) is 0 Å². The van der Waals surface area contributed by atoms with E-state index in [0.29, 0.717) is 22.5 Å². The second-order valence-electron chi connectivity index (χ2n) is 6.50. The van der Waals surface area contributed by atoms with Crippen LogP contribution in [-0.4, -0.2) is 36.3 Å².